The summed E-state index contributed by atoms with van der Waals surface area (Å²) in [6, 6.07) is 41.0. The summed E-state index contributed by atoms with van der Waals surface area (Å²) in [7, 11) is -2.04. The number of halogens is 1. The molecule has 5 rings (SSSR count). The van der Waals surface area contributed by atoms with Gasteiger partial charge in [0, 0.05) is 10.0 Å². The smallest absolute Gasteiger partial charge is 0.173 e. The van der Waals surface area contributed by atoms with E-state index in [2.05, 4.69) is 131 Å². The first-order valence-corrected chi connectivity index (χ1v) is 13.7. The minimum atomic E-state index is -2.04. The quantitative estimate of drug-likeness (QED) is 0.231. The number of aromatic nitrogens is 1. The van der Waals surface area contributed by atoms with Crippen molar-refractivity contribution >= 4 is 39.1 Å². The van der Waals surface area contributed by atoms with Crippen LogP contribution in [0.4, 0.5) is 0 Å². The molecule has 0 aliphatic heterocycles. The van der Waals surface area contributed by atoms with Gasteiger partial charge in [-0.15, -0.1) is 0 Å². The van der Waals surface area contributed by atoms with Gasteiger partial charge >= 0.3 is 0 Å². The lowest BCUT2D eigenvalue weighted by Crippen LogP contribution is -2.32. The van der Waals surface area contributed by atoms with Gasteiger partial charge in [-0.3, -0.25) is 0 Å². The van der Waals surface area contributed by atoms with Crippen molar-refractivity contribution in [1.82, 2.24) is 5.16 Å². The summed E-state index contributed by atoms with van der Waals surface area (Å²) in [6.45, 7) is 2.05. The van der Waals surface area contributed by atoms with Gasteiger partial charge in [-0.2, -0.15) is 0 Å². The van der Waals surface area contributed by atoms with E-state index in [1.54, 1.807) is 0 Å². The molecule has 0 N–H and O–H groups in total. The predicted octanol–water partition coefficient (Wildman–Crippen LogP) is 6.91. The highest BCUT2D eigenvalue weighted by Crippen LogP contribution is 2.59. The number of hydrogen-bond donors (Lipinski definition) is 0. The second-order valence-electron chi connectivity index (χ2n) is 8.06. The zero-order valence-corrected chi connectivity index (χ0v) is 20.8. The summed E-state index contributed by atoms with van der Waals surface area (Å²) in [5.41, 5.74) is 3.16. The Hall–Kier alpha value is -3.00. The minimum absolute atomic E-state index is 0.839. The molecule has 0 spiro atoms. The highest BCUT2D eigenvalue weighted by Gasteiger charge is 2.47. The Bertz CT molecular complexity index is 1240. The molecule has 0 atom stereocenters. The third kappa shape index (κ3) is 4.19. The summed E-state index contributed by atoms with van der Waals surface area (Å²) in [6.07, 6.45) is 0.839. The van der Waals surface area contributed by atoms with Crippen molar-refractivity contribution in [2.45, 2.75) is 13.1 Å². The number of nitrogens with zero attached hydrogens (tertiary/aromatic N) is 1. The van der Waals surface area contributed by atoms with Gasteiger partial charge in [0.25, 0.3) is 0 Å². The van der Waals surface area contributed by atoms with Crippen LogP contribution < -0.4 is 15.9 Å². The van der Waals surface area contributed by atoms with Crippen LogP contribution in [0.5, 0.6) is 0 Å². The van der Waals surface area contributed by atoms with Crippen LogP contribution in [0.3, 0.4) is 0 Å². The van der Waals surface area contributed by atoms with Gasteiger partial charge in [-0.1, -0.05) is 87.8 Å². The van der Waals surface area contributed by atoms with Crippen molar-refractivity contribution in [3.05, 3.63) is 131 Å². The number of benzene rings is 4. The molecule has 0 radical (unpaired) electrons. The fraction of sp³-hybridized carbons (Fsp3) is 0.0690. The molecule has 2 nitrogen and oxygen atoms in total. The van der Waals surface area contributed by atoms with E-state index in [4.69, 9.17) is 4.52 Å². The summed E-state index contributed by atoms with van der Waals surface area (Å²) >= 11 is 3.54. The second kappa shape index (κ2) is 9.47. The average Bonchev–Trinajstić information content (AvgIpc) is 3.24. The van der Waals surface area contributed by atoms with Crippen molar-refractivity contribution in [3.63, 3.8) is 0 Å². The van der Waals surface area contributed by atoms with Gasteiger partial charge in [-0.05, 0) is 55.5 Å². The molecule has 33 heavy (non-hydrogen) atoms. The predicted molar refractivity (Wildman–Crippen MR) is 143 cm³/mol. The second-order valence-corrected chi connectivity index (χ2v) is 12.5. The van der Waals surface area contributed by atoms with Crippen molar-refractivity contribution in [2.24, 2.45) is 0 Å². The van der Waals surface area contributed by atoms with Crippen molar-refractivity contribution in [3.8, 4) is 11.3 Å². The Labute approximate surface area is 203 Å². The van der Waals surface area contributed by atoms with Crippen LogP contribution in [0.15, 0.2) is 124 Å². The van der Waals surface area contributed by atoms with Crippen LogP contribution in [0.2, 0.25) is 0 Å². The van der Waals surface area contributed by atoms with E-state index in [0.29, 0.717) is 0 Å². The molecule has 0 saturated heterocycles. The first-order valence-electron chi connectivity index (χ1n) is 10.9. The Morgan fingerprint density at radius 2 is 1.12 bits per heavy atom. The molecule has 0 unspecified atom stereocenters. The summed E-state index contributed by atoms with van der Waals surface area (Å²) in [5.74, 6) is 0.854. The highest BCUT2D eigenvalue weighted by atomic mass is 79.9. The summed E-state index contributed by atoms with van der Waals surface area (Å²) in [5, 5.41) is 8.47. The van der Waals surface area contributed by atoms with Crippen molar-refractivity contribution in [1.29, 1.82) is 0 Å². The standard InChI is InChI=1S/C29H24BrNOP/c1-22-28(29(32-31-22)23-17-19-24(30)20-18-23)21-33(25-11-5-2-6-12-25,26-13-7-3-8-14-26)27-15-9-4-10-16-27/h2-20H,21H2,1H3/q+1. The van der Waals surface area contributed by atoms with Crippen molar-refractivity contribution in [2.75, 3.05) is 0 Å². The normalized spacial score (nSPS) is 11.5. The van der Waals surface area contributed by atoms with Crippen LogP contribution in [0.1, 0.15) is 11.3 Å². The van der Waals surface area contributed by atoms with Crippen LogP contribution in [-0.4, -0.2) is 5.16 Å². The number of hydrogen-bond acceptors (Lipinski definition) is 2. The molecule has 0 fully saturated rings. The molecule has 0 saturated carbocycles. The maximum atomic E-state index is 5.93. The van der Waals surface area contributed by atoms with Gasteiger partial charge in [0.05, 0.1) is 11.3 Å². The molecule has 1 heterocycles. The Morgan fingerprint density at radius 1 is 0.667 bits per heavy atom. The lowest BCUT2D eigenvalue weighted by Gasteiger charge is -2.27. The molecular weight excluding hydrogens is 489 g/mol. The maximum Gasteiger partial charge on any atom is 0.173 e. The Kier molecular flexibility index (Phi) is 6.26. The third-order valence-corrected chi connectivity index (χ3v) is 10.9. The van der Waals surface area contributed by atoms with Crippen LogP contribution >= 0.6 is 23.2 Å². The SMILES string of the molecule is Cc1noc(-c2ccc(Br)cc2)c1C[P+](c1ccccc1)(c1ccccc1)c1ccccc1. The molecule has 1 aromatic heterocycles. The van der Waals surface area contributed by atoms with Gasteiger partial charge in [0.2, 0.25) is 0 Å². The van der Waals surface area contributed by atoms with Crippen LogP contribution in [0, 0.1) is 6.92 Å². The molecule has 0 aliphatic rings. The lowest BCUT2D eigenvalue weighted by molar-refractivity contribution is 0.427. The fourth-order valence-corrected chi connectivity index (χ4v) is 9.01. The van der Waals surface area contributed by atoms with E-state index in [0.717, 1.165) is 27.7 Å². The average molecular weight is 513 g/mol. The van der Waals surface area contributed by atoms with Gasteiger partial charge < -0.3 is 4.52 Å². The molecule has 162 valence electrons. The maximum absolute atomic E-state index is 5.93. The van der Waals surface area contributed by atoms with E-state index < -0.39 is 7.26 Å². The van der Waals surface area contributed by atoms with E-state index in [-0.39, 0.29) is 0 Å². The van der Waals surface area contributed by atoms with E-state index in [1.165, 1.54) is 21.5 Å². The Balaban J connectivity index is 1.77. The third-order valence-electron chi connectivity index (χ3n) is 6.08. The van der Waals surface area contributed by atoms with Gasteiger partial charge in [0.15, 0.2) is 5.76 Å². The van der Waals surface area contributed by atoms with Crippen molar-refractivity contribution < 1.29 is 4.52 Å². The van der Waals surface area contributed by atoms with E-state index in [9.17, 15) is 0 Å². The number of rotatable bonds is 6. The topological polar surface area (TPSA) is 26.0 Å². The van der Waals surface area contributed by atoms with E-state index >= 15 is 0 Å². The van der Waals surface area contributed by atoms with Gasteiger partial charge in [-0.25, -0.2) is 0 Å². The first-order chi connectivity index (χ1) is 16.2. The molecule has 4 aromatic carbocycles. The lowest BCUT2D eigenvalue weighted by atomic mass is 10.1. The minimum Gasteiger partial charge on any atom is -0.356 e. The van der Waals surface area contributed by atoms with E-state index in [1.807, 2.05) is 12.1 Å². The summed E-state index contributed by atoms with van der Waals surface area (Å²) in [4.78, 5) is 0. The largest absolute Gasteiger partial charge is 0.356 e. The Morgan fingerprint density at radius 3 is 1.58 bits per heavy atom. The molecule has 0 amide bonds. The molecule has 5 aromatic rings. The van der Waals surface area contributed by atoms with Crippen LogP contribution in [-0.2, 0) is 6.16 Å². The van der Waals surface area contributed by atoms with Crippen LogP contribution in [0.25, 0.3) is 11.3 Å². The highest BCUT2D eigenvalue weighted by molar-refractivity contribution is 9.10. The zero-order valence-electron chi connectivity index (χ0n) is 18.4. The fourth-order valence-electron chi connectivity index (χ4n) is 4.41. The first kappa shape index (κ1) is 21.8. The summed E-state index contributed by atoms with van der Waals surface area (Å²) < 4.78 is 6.97. The monoisotopic (exact) mass is 512 g/mol. The molecule has 0 aliphatic carbocycles. The molecule has 0 bridgehead atoms. The van der Waals surface area contributed by atoms with Gasteiger partial charge in [0.1, 0.15) is 29.3 Å². The molecular formula is C29H24BrNOP+. The number of aryl methyl sites for hydroxylation is 1. The zero-order chi connectivity index (χ0) is 22.7. The molecule has 4 heteroatoms.